The highest BCUT2D eigenvalue weighted by Crippen LogP contribution is 2.29. The third-order valence-electron chi connectivity index (χ3n) is 3.42. The third kappa shape index (κ3) is 1.95. The predicted molar refractivity (Wildman–Crippen MR) is 55.2 cm³/mol. The molecule has 2 heterocycles. The zero-order valence-corrected chi connectivity index (χ0v) is 9.36. The lowest BCUT2D eigenvalue weighted by Gasteiger charge is -2.33. The van der Waals surface area contributed by atoms with Gasteiger partial charge in [-0.15, -0.1) is 0 Å². The number of aliphatic hydroxyl groups is 1. The van der Waals surface area contributed by atoms with Gasteiger partial charge in [0.25, 0.3) is 0 Å². The van der Waals surface area contributed by atoms with Gasteiger partial charge in [0, 0.05) is 19.1 Å². The first kappa shape index (κ1) is 10.4. The molecule has 14 heavy (non-hydrogen) atoms. The number of β-amino-alcohol motifs (C(OH)–C–C–N with tert-alkyl or cyclic N) is 1. The van der Waals surface area contributed by atoms with Gasteiger partial charge < -0.3 is 9.84 Å². The van der Waals surface area contributed by atoms with E-state index in [0.29, 0.717) is 12.1 Å². The summed E-state index contributed by atoms with van der Waals surface area (Å²) in [4.78, 5) is 2.38. The first-order valence-electron chi connectivity index (χ1n) is 5.50. The van der Waals surface area contributed by atoms with E-state index in [9.17, 15) is 5.11 Å². The Hall–Kier alpha value is -0.120. The zero-order valence-electron chi connectivity index (χ0n) is 9.36. The zero-order chi connectivity index (χ0) is 10.3. The van der Waals surface area contributed by atoms with Crippen molar-refractivity contribution in [1.29, 1.82) is 0 Å². The SMILES string of the molecule is CC(C)(C)C(O)CN1CC2CC1CO2. The number of rotatable bonds is 2. The van der Waals surface area contributed by atoms with Crippen LogP contribution in [-0.4, -0.2) is 48.0 Å². The van der Waals surface area contributed by atoms with E-state index < -0.39 is 0 Å². The van der Waals surface area contributed by atoms with Crippen molar-refractivity contribution >= 4 is 0 Å². The van der Waals surface area contributed by atoms with E-state index in [1.807, 2.05) is 0 Å². The van der Waals surface area contributed by atoms with Crippen molar-refractivity contribution in [3.63, 3.8) is 0 Å². The molecule has 0 saturated carbocycles. The van der Waals surface area contributed by atoms with Crippen LogP contribution >= 0.6 is 0 Å². The van der Waals surface area contributed by atoms with Crippen molar-refractivity contribution in [3.05, 3.63) is 0 Å². The molecule has 1 N–H and O–H groups in total. The van der Waals surface area contributed by atoms with E-state index in [-0.39, 0.29) is 11.5 Å². The highest BCUT2D eigenvalue weighted by molar-refractivity contribution is 4.93. The molecule has 2 bridgehead atoms. The summed E-state index contributed by atoms with van der Waals surface area (Å²) in [6.07, 6.45) is 1.37. The Morgan fingerprint density at radius 1 is 1.50 bits per heavy atom. The van der Waals surface area contributed by atoms with Crippen molar-refractivity contribution in [2.24, 2.45) is 5.41 Å². The molecule has 3 atom stereocenters. The Labute approximate surface area is 86.0 Å². The molecule has 2 fully saturated rings. The Morgan fingerprint density at radius 3 is 2.64 bits per heavy atom. The van der Waals surface area contributed by atoms with Crippen LogP contribution in [0.25, 0.3) is 0 Å². The minimum absolute atomic E-state index is 0.0112. The van der Waals surface area contributed by atoms with Gasteiger partial charge in [-0.05, 0) is 11.8 Å². The van der Waals surface area contributed by atoms with Crippen LogP contribution in [-0.2, 0) is 4.74 Å². The molecule has 2 aliphatic rings. The van der Waals surface area contributed by atoms with Gasteiger partial charge in [0.1, 0.15) is 0 Å². The lowest BCUT2D eigenvalue weighted by atomic mass is 9.89. The van der Waals surface area contributed by atoms with Gasteiger partial charge in [0.05, 0.1) is 18.8 Å². The molecule has 3 heteroatoms. The number of hydrogen-bond donors (Lipinski definition) is 1. The molecule has 0 aliphatic carbocycles. The topological polar surface area (TPSA) is 32.7 Å². The van der Waals surface area contributed by atoms with Crippen LogP contribution in [0.15, 0.2) is 0 Å². The first-order chi connectivity index (χ1) is 6.47. The largest absolute Gasteiger partial charge is 0.391 e. The Balaban J connectivity index is 1.87. The molecule has 2 aliphatic heterocycles. The number of fused-ring (bicyclic) bond motifs is 2. The Kier molecular flexibility index (Phi) is 2.58. The number of hydrogen-bond acceptors (Lipinski definition) is 3. The lowest BCUT2D eigenvalue weighted by Crippen LogP contribution is -2.45. The standard InChI is InChI=1S/C11H21NO2/c1-11(2,3)10(13)6-12-5-9-4-8(12)7-14-9/h8-10,13H,4-7H2,1-3H3. The number of nitrogens with zero attached hydrogens (tertiary/aromatic N) is 1. The van der Waals surface area contributed by atoms with Crippen molar-refractivity contribution in [1.82, 2.24) is 4.90 Å². The molecule has 3 unspecified atom stereocenters. The smallest absolute Gasteiger partial charge is 0.0718 e. The summed E-state index contributed by atoms with van der Waals surface area (Å²) in [6, 6.07) is 0.567. The fourth-order valence-electron chi connectivity index (χ4n) is 2.20. The second kappa shape index (κ2) is 3.47. The fraction of sp³-hybridized carbons (Fsp3) is 1.00. The van der Waals surface area contributed by atoms with E-state index in [0.717, 1.165) is 26.1 Å². The number of morpholine rings is 1. The van der Waals surface area contributed by atoms with Gasteiger partial charge in [-0.3, -0.25) is 4.90 Å². The average molecular weight is 199 g/mol. The summed E-state index contributed by atoms with van der Waals surface area (Å²) in [7, 11) is 0. The number of aliphatic hydroxyl groups excluding tert-OH is 1. The average Bonchev–Trinajstić information content (AvgIpc) is 2.62. The lowest BCUT2D eigenvalue weighted by molar-refractivity contribution is -0.0167. The normalized spacial score (nSPS) is 35.1. The van der Waals surface area contributed by atoms with Crippen LogP contribution in [0.2, 0.25) is 0 Å². The van der Waals surface area contributed by atoms with Gasteiger partial charge in [0.15, 0.2) is 0 Å². The minimum Gasteiger partial charge on any atom is -0.391 e. The highest BCUT2D eigenvalue weighted by atomic mass is 16.5. The molecular formula is C11H21NO2. The molecule has 0 spiro atoms. The van der Waals surface area contributed by atoms with Gasteiger partial charge in [-0.2, -0.15) is 0 Å². The summed E-state index contributed by atoms with van der Waals surface area (Å²) < 4.78 is 5.53. The Bertz CT molecular complexity index is 212. The molecule has 2 saturated heterocycles. The fourth-order valence-corrected chi connectivity index (χ4v) is 2.20. The summed E-state index contributed by atoms with van der Waals surface area (Å²) in [5.74, 6) is 0. The van der Waals surface area contributed by atoms with Gasteiger partial charge in [-0.1, -0.05) is 20.8 Å². The van der Waals surface area contributed by atoms with E-state index >= 15 is 0 Å². The number of ether oxygens (including phenoxy) is 1. The minimum atomic E-state index is -0.234. The van der Waals surface area contributed by atoms with Crippen molar-refractivity contribution < 1.29 is 9.84 Å². The maximum atomic E-state index is 9.99. The van der Waals surface area contributed by atoms with Crippen molar-refractivity contribution in [3.8, 4) is 0 Å². The van der Waals surface area contributed by atoms with E-state index in [1.165, 1.54) is 0 Å². The Morgan fingerprint density at radius 2 is 2.21 bits per heavy atom. The van der Waals surface area contributed by atoms with Crippen molar-refractivity contribution in [2.75, 3.05) is 19.7 Å². The summed E-state index contributed by atoms with van der Waals surface area (Å²) in [5.41, 5.74) is -0.0112. The number of likely N-dealkylation sites (tertiary alicyclic amines) is 1. The molecule has 3 nitrogen and oxygen atoms in total. The predicted octanol–water partition coefficient (Wildman–Crippen LogP) is 0.867. The van der Waals surface area contributed by atoms with E-state index in [2.05, 4.69) is 25.7 Å². The third-order valence-corrected chi connectivity index (χ3v) is 3.42. The van der Waals surface area contributed by atoms with Crippen LogP contribution in [0.3, 0.4) is 0 Å². The van der Waals surface area contributed by atoms with Crippen LogP contribution < -0.4 is 0 Å². The quantitative estimate of drug-likeness (QED) is 0.716. The molecule has 0 amide bonds. The van der Waals surface area contributed by atoms with Gasteiger partial charge >= 0.3 is 0 Å². The molecule has 0 aromatic carbocycles. The van der Waals surface area contributed by atoms with E-state index in [1.54, 1.807) is 0 Å². The van der Waals surface area contributed by atoms with Crippen LogP contribution in [0, 0.1) is 5.41 Å². The highest BCUT2D eigenvalue weighted by Gasteiger charge is 2.40. The summed E-state index contributed by atoms with van der Waals surface area (Å²) in [6.45, 7) is 8.93. The van der Waals surface area contributed by atoms with Crippen LogP contribution in [0.1, 0.15) is 27.2 Å². The molecular weight excluding hydrogens is 178 g/mol. The molecule has 82 valence electrons. The summed E-state index contributed by atoms with van der Waals surface area (Å²) in [5, 5.41) is 9.99. The van der Waals surface area contributed by atoms with Crippen LogP contribution in [0.5, 0.6) is 0 Å². The maximum absolute atomic E-state index is 9.99. The van der Waals surface area contributed by atoms with E-state index in [4.69, 9.17) is 4.74 Å². The van der Waals surface area contributed by atoms with Crippen molar-refractivity contribution in [2.45, 2.75) is 45.4 Å². The first-order valence-corrected chi connectivity index (χ1v) is 5.50. The van der Waals surface area contributed by atoms with Gasteiger partial charge in [-0.25, -0.2) is 0 Å². The summed E-state index contributed by atoms with van der Waals surface area (Å²) >= 11 is 0. The second-order valence-electron chi connectivity index (χ2n) is 5.68. The maximum Gasteiger partial charge on any atom is 0.0718 e. The molecule has 0 aromatic rings. The molecule has 0 radical (unpaired) electrons. The van der Waals surface area contributed by atoms with Crippen LogP contribution in [0.4, 0.5) is 0 Å². The van der Waals surface area contributed by atoms with Gasteiger partial charge in [0.2, 0.25) is 0 Å². The molecule has 0 aromatic heterocycles. The monoisotopic (exact) mass is 199 g/mol. The molecule has 2 rings (SSSR count). The second-order valence-corrected chi connectivity index (χ2v) is 5.68.